The molecule has 1 fully saturated rings. The highest BCUT2D eigenvalue weighted by atomic mass is 32.2. The summed E-state index contributed by atoms with van der Waals surface area (Å²) >= 11 is 0.582. The summed E-state index contributed by atoms with van der Waals surface area (Å²) in [6.45, 7) is 15.2. The van der Waals surface area contributed by atoms with Gasteiger partial charge in [-0.2, -0.15) is 0 Å². The Morgan fingerprint density at radius 1 is 0.574 bits per heavy atom. The predicted molar refractivity (Wildman–Crippen MR) is 398 cm³/mol. The van der Waals surface area contributed by atoms with Crippen LogP contribution in [0.3, 0.4) is 0 Å². The van der Waals surface area contributed by atoms with Crippen LogP contribution in [0, 0.1) is 0 Å². The maximum Gasteiger partial charge on any atom is 0.419 e. The fourth-order valence-electron chi connectivity index (χ4n) is 10.6. The average Bonchev–Trinajstić information content (AvgIpc) is 1.48. The summed E-state index contributed by atoms with van der Waals surface area (Å²) in [7, 11) is 0. The van der Waals surface area contributed by atoms with Crippen LogP contribution in [0.15, 0.2) is 134 Å². The minimum absolute atomic E-state index is 0.00981. The van der Waals surface area contributed by atoms with E-state index in [1.54, 1.807) is 147 Å². The highest BCUT2D eigenvalue weighted by Crippen LogP contribution is 2.21. The Kier molecular flexibility index (Phi) is 35.6. The second-order valence-electron chi connectivity index (χ2n) is 28.5. The lowest BCUT2D eigenvalue weighted by atomic mass is 10.1. The fraction of sp³-hybridized carbons (Fsp3) is 0.506. The molecule has 1 aromatic heterocycles. The molecule has 7 N–H and O–H groups in total. The monoisotopic (exact) mass is 1520 g/mol. The summed E-state index contributed by atoms with van der Waals surface area (Å²) in [5.41, 5.74) is 0.208. The van der Waals surface area contributed by atoms with Crippen molar-refractivity contribution in [3.05, 3.63) is 162 Å². The normalized spacial score (nSPS) is 14.6. The van der Waals surface area contributed by atoms with Gasteiger partial charge in [0, 0.05) is 38.1 Å². The third-order valence-electron chi connectivity index (χ3n) is 15.7. The summed E-state index contributed by atoms with van der Waals surface area (Å²) in [4.78, 5) is 158. The Bertz CT molecular complexity index is 3680. The standard InChI is InChI=1S/C77H104N10O20S/c1-52(105-75(2,3)4)65(85-68(92)61(84-71(95)101-47-54-29-17-12-18-30-54)50-108-74(98)103-49-56-33-21-14-22-34-56)69(93)79-42-62(88)82-59(67(91)83-60(66(90)80-43-63(89)106-76(5,6)7)41-57-44-87(51-81-57)73(97)107-77(8,9)10)35-23-25-39-86(72(96)102-48-55-31-19-13-20-32-55)45-58(104-64-36-24-26-40-99-64)37-38-78-70(94)100-46-53-27-15-11-16-28-53/h11-22,27-34,44,51-52,58-61,64-65H,23-26,35-43,45-50H2,1-10H3,(H,78,94)(H,79,93)(H,80,90)(H,82,88)(H,83,91)(H,84,95)(H,85,92)/t52-,58-,59+,60+,61+,64?,65+/m1/s1. The van der Waals surface area contributed by atoms with E-state index in [1.165, 1.54) is 18.0 Å². The van der Waals surface area contributed by atoms with Crippen LogP contribution in [0.4, 0.5) is 24.0 Å². The number of amides is 8. The number of benzene rings is 4. The number of esters is 1. The molecule has 5 aromatic rings. The molecule has 7 atom stereocenters. The number of hydrogen-bond donors (Lipinski definition) is 7. The van der Waals surface area contributed by atoms with Gasteiger partial charge in [0.25, 0.3) is 0 Å². The van der Waals surface area contributed by atoms with Crippen LogP contribution < -0.4 is 37.2 Å². The van der Waals surface area contributed by atoms with E-state index in [0.717, 1.165) is 29.3 Å². The summed E-state index contributed by atoms with van der Waals surface area (Å²) in [6, 6.07) is 29.5. The molecule has 108 heavy (non-hydrogen) atoms. The maximum absolute atomic E-state index is 15.0. The molecule has 6 rings (SSSR count). The van der Waals surface area contributed by atoms with Crippen molar-refractivity contribution < 1.29 is 95.4 Å². The predicted octanol–water partition coefficient (Wildman–Crippen LogP) is 8.84. The molecule has 31 heteroatoms. The molecule has 1 saturated heterocycles. The highest BCUT2D eigenvalue weighted by molar-refractivity contribution is 8.13. The molecular formula is C77H104N10O20S. The summed E-state index contributed by atoms with van der Waals surface area (Å²) < 4.78 is 52.8. The summed E-state index contributed by atoms with van der Waals surface area (Å²) in [6.07, 6.45) is -1.11. The average molecular weight is 1520 g/mol. The number of imidazole rings is 1. The number of rotatable bonds is 38. The lowest BCUT2D eigenvalue weighted by Gasteiger charge is -2.32. The van der Waals surface area contributed by atoms with E-state index in [2.05, 4.69) is 42.2 Å². The van der Waals surface area contributed by atoms with Crippen LogP contribution in [0.1, 0.15) is 142 Å². The second kappa shape index (κ2) is 44.3. The van der Waals surface area contributed by atoms with Crippen LogP contribution >= 0.6 is 11.8 Å². The van der Waals surface area contributed by atoms with Crippen molar-refractivity contribution in [2.24, 2.45) is 0 Å². The van der Waals surface area contributed by atoms with Crippen molar-refractivity contribution in [3.8, 4) is 0 Å². The topological polar surface area (TPSA) is 376 Å². The number of ether oxygens (including phenoxy) is 9. The smallest absolute Gasteiger partial charge is 0.419 e. The minimum atomic E-state index is -1.60. The second-order valence-corrected chi connectivity index (χ2v) is 29.4. The molecule has 1 unspecified atom stereocenters. The number of hydrogen-bond acceptors (Lipinski definition) is 22. The quantitative estimate of drug-likeness (QED) is 0.0110. The molecule has 1 aliphatic rings. The van der Waals surface area contributed by atoms with Crippen LogP contribution in [-0.4, -0.2) is 184 Å². The molecule has 2 heterocycles. The molecule has 4 aromatic carbocycles. The molecule has 0 saturated carbocycles. The first-order valence-electron chi connectivity index (χ1n) is 35.9. The van der Waals surface area contributed by atoms with E-state index in [4.69, 9.17) is 42.6 Å². The number of alkyl carbamates (subject to hydrolysis) is 2. The molecular weight excluding hydrogens is 1420 g/mol. The van der Waals surface area contributed by atoms with Gasteiger partial charge in [0.1, 0.15) is 74.7 Å². The lowest BCUT2D eigenvalue weighted by Crippen LogP contribution is -2.60. The Morgan fingerprint density at radius 2 is 1.13 bits per heavy atom. The van der Waals surface area contributed by atoms with Gasteiger partial charge in [0.2, 0.25) is 29.5 Å². The van der Waals surface area contributed by atoms with E-state index >= 15 is 4.79 Å². The van der Waals surface area contributed by atoms with Crippen molar-refractivity contribution in [3.63, 3.8) is 0 Å². The van der Waals surface area contributed by atoms with Gasteiger partial charge in [-0.3, -0.25) is 28.8 Å². The van der Waals surface area contributed by atoms with Crippen LogP contribution in [0.25, 0.3) is 0 Å². The third kappa shape index (κ3) is 34.6. The van der Waals surface area contributed by atoms with Gasteiger partial charge >= 0.3 is 35.6 Å². The van der Waals surface area contributed by atoms with Crippen molar-refractivity contribution in [2.75, 3.05) is 45.1 Å². The summed E-state index contributed by atoms with van der Waals surface area (Å²) in [5, 5.41) is 17.5. The van der Waals surface area contributed by atoms with Crippen molar-refractivity contribution in [1.29, 1.82) is 0 Å². The van der Waals surface area contributed by atoms with Crippen molar-refractivity contribution >= 4 is 76.9 Å². The number of unbranched alkanes of at least 4 members (excludes halogenated alkanes) is 1. The molecule has 0 radical (unpaired) electrons. The van der Waals surface area contributed by atoms with Crippen LogP contribution in [-0.2, 0) is 104 Å². The zero-order valence-electron chi connectivity index (χ0n) is 63.1. The van der Waals surface area contributed by atoms with Crippen LogP contribution in [0.2, 0.25) is 0 Å². The number of aromatic nitrogens is 2. The van der Waals surface area contributed by atoms with E-state index in [1.807, 2.05) is 36.4 Å². The largest absolute Gasteiger partial charge is 0.459 e. The van der Waals surface area contributed by atoms with Gasteiger partial charge < -0.3 is 84.7 Å². The molecule has 1 aliphatic heterocycles. The van der Waals surface area contributed by atoms with Gasteiger partial charge in [-0.15, -0.1) is 0 Å². The Morgan fingerprint density at radius 3 is 1.69 bits per heavy atom. The van der Waals surface area contributed by atoms with Gasteiger partial charge in [-0.25, -0.2) is 33.5 Å². The van der Waals surface area contributed by atoms with Gasteiger partial charge in [-0.1, -0.05) is 121 Å². The Balaban J connectivity index is 1.26. The highest BCUT2D eigenvalue weighted by Gasteiger charge is 2.36. The molecule has 30 nitrogen and oxygen atoms in total. The molecule has 0 spiro atoms. The van der Waals surface area contributed by atoms with E-state index in [9.17, 15) is 47.9 Å². The number of nitrogens with one attached hydrogen (secondary N) is 7. The van der Waals surface area contributed by atoms with E-state index in [0.29, 0.717) is 41.5 Å². The first-order chi connectivity index (χ1) is 51.3. The van der Waals surface area contributed by atoms with Gasteiger partial charge in [0.15, 0.2) is 6.29 Å². The molecule has 8 amide bonds. The molecule has 588 valence electrons. The van der Waals surface area contributed by atoms with Crippen molar-refractivity contribution in [1.82, 2.24) is 51.7 Å². The van der Waals surface area contributed by atoms with Gasteiger partial charge in [-0.05, 0) is 148 Å². The zero-order valence-corrected chi connectivity index (χ0v) is 63.9. The maximum atomic E-state index is 15.0. The minimum Gasteiger partial charge on any atom is -0.459 e. The molecule has 0 aliphatic carbocycles. The Hall–Kier alpha value is -10.1. The molecule has 0 bridgehead atoms. The zero-order chi connectivity index (χ0) is 78.7. The van der Waals surface area contributed by atoms with E-state index in [-0.39, 0.29) is 83.9 Å². The third-order valence-corrected chi connectivity index (χ3v) is 16.5. The van der Waals surface area contributed by atoms with Crippen molar-refractivity contribution in [2.45, 2.75) is 206 Å². The number of nitrogens with zero attached hydrogens (tertiary/aromatic N) is 3. The fourth-order valence-corrected chi connectivity index (χ4v) is 11.3. The lowest BCUT2D eigenvalue weighted by molar-refractivity contribution is -0.191. The first kappa shape index (κ1) is 86.8. The number of thioether (sulfide) groups is 1. The SMILES string of the molecule is C[C@@H](OC(C)(C)C)[C@H](NC(=O)[C@H](CSC(=O)OCc1ccccc1)NC(=O)OCc1ccccc1)C(=O)NCC(=O)N[C@@H](CCCCN(C[C@@H](CCNC(=O)OCc1ccccc1)OC1CCCCO1)C(=O)OCc1ccccc1)C(=O)N[C@@H](Cc1cn(C(=O)OC(C)(C)C)cn1)C(=O)NCC(=O)OC(C)(C)C. The van der Waals surface area contributed by atoms with Crippen LogP contribution in [0.5, 0.6) is 0 Å². The first-order valence-corrected chi connectivity index (χ1v) is 36.9. The van der Waals surface area contributed by atoms with Gasteiger partial charge in [0.05, 0.1) is 36.6 Å². The van der Waals surface area contributed by atoms with E-state index < -0.39 is 143 Å². The Labute approximate surface area is 634 Å². The number of carbonyl (C=O) groups is 11. The summed E-state index contributed by atoms with van der Waals surface area (Å²) in [5.74, 6) is -5.89. The number of carbonyl (C=O) groups excluding carboxylic acids is 11.